The van der Waals surface area contributed by atoms with Gasteiger partial charge in [-0.1, -0.05) is 26.2 Å². The van der Waals surface area contributed by atoms with Gasteiger partial charge in [-0.25, -0.2) is 9.37 Å². The molecule has 1 aliphatic carbocycles. The van der Waals surface area contributed by atoms with E-state index in [0.717, 1.165) is 23.3 Å². The molecule has 0 spiro atoms. The predicted molar refractivity (Wildman–Crippen MR) is 88.2 cm³/mol. The maximum atomic E-state index is 14.0. The number of nitrogens with zero attached hydrogens (tertiary/aromatic N) is 2. The van der Waals surface area contributed by atoms with Crippen molar-refractivity contribution in [2.45, 2.75) is 50.9 Å². The number of rotatable bonds is 2. The van der Waals surface area contributed by atoms with Crippen LogP contribution in [0.5, 0.6) is 0 Å². The molecule has 2 atom stereocenters. The summed E-state index contributed by atoms with van der Waals surface area (Å²) in [4.78, 5) is 4.61. The van der Waals surface area contributed by atoms with Gasteiger partial charge in [-0.2, -0.15) is 0 Å². The zero-order valence-corrected chi connectivity index (χ0v) is 14.4. The van der Waals surface area contributed by atoms with Crippen LogP contribution in [0.4, 0.5) is 4.39 Å². The van der Waals surface area contributed by atoms with Gasteiger partial charge in [0.25, 0.3) is 0 Å². The van der Waals surface area contributed by atoms with Crippen molar-refractivity contribution in [1.82, 2.24) is 9.55 Å². The number of imidazole rings is 1. The Morgan fingerprint density at radius 3 is 2.86 bits per heavy atom. The minimum absolute atomic E-state index is 0.244. The third kappa shape index (κ3) is 2.85. The third-order valence-electron chi connectivity index (χ3n) is 4.57. The first kappa shape index (κ1) is 15.3. The van der Waals surface area contributed by atoms with E-state index in [0.29, 0.717) is 22.3 Å². The highest BCUT2D eigenvalue weighted by atomic mass is 79.9. The van der Waals surface area contributed by atoms with Crippen LogP contribution in [0, 0.1) is 11.7 Å². The Kier molecular flexibility index (Phi) is 4.55. The molecule has 1 heterocycles. The van der Waals surface area contributed by atoms with E-state index in [2.05, 4.69) is 32.4 Å². The zero-order valence-electron chi connectivity index (χ0n) is 12.1. The number of benzene rings is 1. The minimum atomic E-state index is -0.244. The summed E-state index contributed by atoms with van der Waals surface area (Å²) in [7, 11) is 0. The predicted octanol–water partition coefficient (Wildman–Crippen LogP) is 5.82. The van der Waals surface area contributed by atoms with Crippen molar-refractivity contribution < 1.29 is 4.39 Å². The van der Waals surface area contributed by atoms with E-state index in [1.54, 1.807) is 12.1 Å². The first-order chi connectivity index (χ1) is 10.1. The van der Waals surface area contributed by atoms with Gasteiger partial charge in [0.1, 0.15) is 11.6 Å². The van der Waals surface area contributed by atoms with Crippen molar-refractivity contribution in [2.75, 3.05) is 0 Å². The quantitative estimate of drug-likeness (QED) is 0.479. The SMILES string of the molecule is CC1CCCCCC1n1c(CCl)nc2cc(Br)c(F)cc21. The van der Waals surface area contributed by atoms with Crippen LogP contribution >= 0.6 is 27.5 Å². The van der Waals surface area contributed by atoms with Crippen molar-refractivity contribution >= 4 is 38.6 Å². The molecular weight excluding hydrogens is 355 g/mol. The van der Waals surface area contributed by atoms with Gasteiger partial charge in [0.2, 0.25) is 0 Å². The van der Waals surface area contributed by atoms with E-state index in [1.165, 1.54) is 25.7 Å². The van der Waals surface area contributed by atoms with E-state index in [9.17, 15) is 4.39 Å². The molecule has 1 fully saturated rings. The Bertz CT molecular complexity index is 655. The van der Waals surface area contributed by atoms with Crippen LogP contribution in [-0.2, 0) is 5.88 Å². The maximum Gasteiger partial charge on any atom is 0.139 e. The summed E-state index contributed by atoms with van der Waals surface area (Å²) in [6.45, 7) is 2.29. The summed E-state index contributed by atoms with van der Waals surface area (Å²) in [6, 6.07) is 3.70. The second-order valence-electron chi connectivity index (χ2n) is 5.97. The highest BCUT2D eigenvalue weighted by Gasteiger charge is 2.26. The maximum absolute atomic E-state index is 14.0. The molecule has 0 bridgehead atoms. The lowest BCUT2D eigenvalue weighted by atomic mass is 9.96. The molecule has 2 aromatic rings. The zero-order chi connectivity index (χ0) is 15.0. The standard InChI is InChI=1S/C16H19BrClFN2/c1-10-5-3-2-4-6-14(10)21-15-8-12(19)11(17)7-13(15)20-16(21)9-18/h7-8,10,14H,2-6,9H2,1H3. The van der Waals surface area contributed by atoms with Gasteiger partial charge in [0.05, 0.1) is 21.4 Å². The van der Waals surface area contributed by atoms with Gasteiger partial charge in [-0.3, -0.25) is 0 Å². The highest BCUT2D eigenvalue weighted by Crippen LogP contribution is 2.37. The number of halogens is 3. The van der Waals surface area contributed by atoms with Gasteiger partial charge in [0, 0.05) is 12.1 Å². The molecule has 2 nitrogen and oxygen atoms in total. The molecule has 3 rings (SSSR count). The van der Waals surface area contributed by atoms with Crippen LogP contribution in [0.2, 0.25) is 0 Å². The summed E-state index contributed by atoms with van der Waals surface area (Å²) in [6.07, 6.45) is 6.11. The summed E-state index contributed by atoms with van der Waals surface area (Å²) in [5.74, 6) is 1.53. The minimum Gasteiger partial charge on any atom is -0.323 e. The van der Waals surface area contributed by atoms with Crippen LogP contribution in [0.25, 0.3) is 11.0 Å². The molecule has 0 aliphatic heterocycles. The van der Waals surface area contributed by atoms with Crippen molar-refractivity contribution in [1.29, 1.82) is 0 Å². The number of hydrogen-bond acceptors (Lipinski definition) is 1. The van der Waals surface area contributed by atoms with Gasteiger partial charge in [-0.05, 0) is 40.8 Å². The largest absolute Gasteiger partial charge is 0.323 e. The number of aromatic nitrogens is 2. The average molecular weight is 374 g/mol. The Labute approximate surface area is 137 Å². The molecular formula is C16H19BrClFN2. The van der Waals surface area contributed by atoms with Gasteiger partial charge < -0.3 is 4.57 Å². The van der Waals surface area contributed by atoms with Crippen molar-refractivity contribution in [3.63, 3.8) is 0 Å². The van der Waals surface area contributed by atoms with E-state index in [-0.39, 0.29) is 5.82 Å². The fraction of sp³-hybridized carbons (Fsp3) is 0.562. The molecule has 2 unspecified atom stereocenters. The van der Waals surface area contributed by atoms with Gasteiger partial charge in [-0.15, -0.1) is 11.6 Å². The molecule has 0 saturated heterocycles. The molecule has 21 heavy (non-hydrogen) atoms. The fourth-order valence-electron chi connectivity index (χ4n) is 3.46. The Balaban J connectivity index is 2.17. The van der Waals surface area contributed by atoms with E-state index >= 15 is 0 Å². The van der Waals surface area contributed by atoms with E-state index in [4.69, 9.17) is 11.6 Å². The second-order valence-corrected chi connectivity index (χ2v) is 7.09. The molecule has 0 radical (unpaired) electrons. The smallest absolute Gasteiger partial charge is 0.139 e. The average Bonchev–Trinajstić information content (AvgIpc) is 2.66. The Hall–Kier alpha value is -0.610. The Morgan fingerprint density at radius 1 is 1.33 bits per heavy atom. The van der Waals surface area contributed by atoms with Crippen molar-refractivity contribution in [3.8, 4) is 0 Å². The lowest BCUT2D eigenvalue weighted by Crippen LogP contribution is -2.18. The summed E-state index contributed by atoms with van der Waals surface area (Å²) >= 11 is 9.34. The van der Waals surface area contributed by atoms with Gasteiger partial charge >= 0.3 is 0 Å². The molecule has 0 N–H and O–H groups in total. The van der Waals surface area contributed by atoms with E-state index < -0.39 is 0 Å². The van der Waals surface area contributed by atoms with Crippen LogP contribution in [0.1, 0.15) is 50.9 Å². The van der Waals surface area contributed by atoms with Crippen LogP contribution in [0.15, 0.2) is 16.6 Å². The molecule has 114 valence electrons. The molecule has 1 saturated carbocycles. The van der Waals surface area contributed by atoms with Crippen LogP contribution in [-0.4, -0.2) is 9.55 Å². The Morgan fingerprint density at radius 2 is 2.10 bits per heavy atom. The topological polar surface area (TPSA) is 17.8 Å². The van der Waals surface area contributed by atoms with Crippen LogP contribution in [0.3, 0.4) is 0 Å². The molecule has 0 amide bonds. The van der Waals surface area contributed by atoms with Crippen molar-refractivity contribution in [2.24, 2.45) is 5.92 Å². The molecule has 5 heteroatoms. The number of alkyl halides is 1. The molecule has 1 aromatic carbocycles. The summed E-state index contributed by atoms with van der Waals surface area (Å²) < 4.78 is 16.6. The summed E-state index contributed by atoms with van der Waals surface area (Å²) in [5, 5.41) is 0. The molecule has 1 aromatic heterocycles. The highest BCUT2D eigenvalue weighted by molar-refractivity contribution is 9.10. The van der Waals surface area contributed by atoms with Gasteiger partial charge in [0.15, 0.2) is 0 Å². The second kappa shape index (κ2) is 6.25. The lowest BCUT2D eigenvalue weighted by molar-refractivity contribution is 0.335. The number of fused-ring (bicyclic) bond motifs is 1. The fourth-order valence-corrected chi connectivity index (χ4v) is 3.98. The van der Waals surface area contributed by atoms with E-state index in [1.807, 2.05) is 0 Å². The normalized spacial score (nSPS) is 23.4. The monoisotopic (exact) mass is 372 g/mol. The third-order valence-corrected chi connectivity index (χ3v) is 5.42. The molecule has 1 aliphatic rings. The summed E-state index contributed by atoms with van der Waals surface area (Å²) in [5.41, 5.74) is 1.68. The first-order valence-corrected chi connectivity index (χ1v) is 8.86. The number of hydrogen-bond donors (Lipinski definition) is 0. The lowest BCUT2D eigenvalue weighted by Gasteiger charge is -2.25. The van der Waals surface area contributed by atoms with Crippen LogP contribution < -0.4 is 0 Å². The van der Waals surface area contributed by atoms with Crippen molar-refractivity contribution in [3.05, 3.63) is 28.2 Å². The first-order valence-electron chi connectivity index (χ1n) is 7.53.